The van der Waals surface area contributed by atoms with Gasteiger partial charge in [-0.2, -0.15) is 0 Å². The van der Waals surface area contributed by atoms with Gasteiger partial charge < -0.3 is 28.4 Å². The summed E-state index contributed by atoms with van der Waals surface area (Å²) in [5, 5.41) is 0. The van der Waals surface area contributed by atoms with Crippen LogP contribution in [0, 0.1) is 0 Å². The Labute approximate surface area is 153 Å². The highest BCUT2D eigenvalue weighted by Crippen LogP contribution is 2.39. The standard InChI is InChI=1S/C18H26O8/c1-7-9-21-15(19)13-11(23-17(3,4)25-13)12-14(16(20)22-10-8-2)26-18(5,6)24-12/h7-8,11-14H,1-2,9-10H2,3-6H3/t11-,12?,13?,14-/m0/s1. The van der Waals surface area contributed by atoms with Crippen molar-refractivity contribution in [3.05, 3.63) is 25.3 Å². The topological polar surface area (TPSA) is 89.5 Å². The van der Waals surface area contributed by atoms with Gasteiger partial charge >= 0.3 is 11.9 Å². The molecule has 8 heteroatoms. The molecule has 0 spiro atoms. The molecule has 2 fully saturated rings. The molecule has 0 bridgehead atoms. The summed E-state index contributed by atoms with van der Waals surface area (Å²) in [4.78, 5) is 24.7. The Morgan fingerprint density at radius 2 is 1.15 bits per heavy atom. The maximum absolute atomic E-state index is 12.4. The van der Waals surface area contributed by atoms with Crippen LogP contribution < -0.4 is 0 Å². The van der Waals surface area contributed by atoms with E-state index in [1.807, 2.05) is 0 Å². The number of carbonyl (C=O) groups is 2. The molecule has 2 heterocycles. The van der Waals surface area contributed by atoms with Gasteiger partial charge in [0.1, 0.15) is 25.4 Å². The Bertz CT molecular complexity index is 518. The van der Waals surface area contributed by atoms with Crippen molar-refractivity contribution in [1.29, 1.82) is 0 Å². The predicted octanol–water partition coefficient (Wildman–Crippen LogP) is 1.48. The molecule has 2 rings (SSSR count). The minimum atomic E-state index is -1.08. The molecule has 4 atom stereocenters. The normalized spacial score (nSPS) is 32.0. The highest BCUT2D eigenvalue weighted by molar-refractivity contribution is 5.78. The van der Waals surface area contributed by atoms with Gasteiger partial charge in [-0.05, 0) is 27.7 Å². The lowest BCUT2D eigenvalue weighted by atomic mass is 10.0. The van der Waals surface area contributed by atoms with Crippen molar-refractivity contribution in [2.75, 3.05) is 13.2 Å². The van der Waals surface area contributed by atoms with Crippen molar-refractivity contribution >= 4 is 11.9 Å². The smallest absolute Gasteiger partial charge is 0.338 e. The lowest BCUT2D eigenvalue weighted by Crippen LogP contribution is -2.48. The third-order valence-corrected chi connectivity index (χ3v) is 3.73. The zero-order valence-electron chi connectivity index (χ0n) is 15.6. The van der Waals surface area contributed by atoms with E-state index >= 15 is 0 Å². The van der Waals surface area contributed by atoms with Crippen molar-refractivity contribution < 1.29 is 38.0 Å². The van der Waals surface area contributed by atoms with Crippen LogP contribution in [0.5, 0.6) is 0 Å². The second-order valence-electron chi connectivity index (χ2n) is 6.88. The fourth-order valence-corrected chi connectivity index (χ4v) is 2.87. The van der Waals surface area contributed by atoms with E-state index in [0.29, 0.717) is 0 Å². The third kappa shape index (κ3) is 4.70. The lowest BCUT2D eigenvalue weighted by Gasteiger charge is -2.24. The van der Waals surface area contributed by atoms with Gasteiger partial charge in [0.2, 0.25) is 0 Å². The van der Waals surface area contributed by atoms with E-state index in [4.69, 9.17) is 28.4 Å². The number of esters is 2. The second-order valence-corrected chi connectivity index (χ2v) is 6.88. The maximum atomic E-state index is 12.4. The molecular weight excluding hydrogens is 344 g/mol. The van der Waals surface area contributed by atoms with E-state index in [0.717, 1.165) is 0 Å². The lowest BCUT2D eigenvalue weighted by molar-refractivity contribution is -0.177. The average molecular weight is 370 g/mol. The number of hydrogen-bond donors (Lipinski definition) is 0. The Morgan fingerprint density at radius 1 is 0.808 bits per heavy atom. The summed E-state index contributed by atoms with van der Waals surface area (Å²) in [7, 11) is 0. The molecule has 0 aliphatic carbocycles. The van der Waals surface area contributed by atoms with Gasteiger partial charge in [0, 0.05) is 0 Å². The second kappa shape index (κ2) is 7.87. The fraction of sp³-hybridized carbons (Fsp3) is 0.667. The van der Waals surface area contributed by atoms with Crippen LogP contribution >= 0.6 is 0 Å². The molecule has 8 nitrogen and oxygen atoms in total. The van der Waals surface area contributed by atoms with Gasteiger partial charge in [0.05, 0.1) is 0 Å². The van der Waals surface area contributed by atoms with Crippen LogP contribution in [0.2, 0.25) is 0 Å². The van der Waals surface area contributed by atoms with E-state index in [9.17, 15) is 9.59 Å². The first-order chi connectivity index (χ1) is 12.1. The van der Waals surface area contributed by atoms with Crippen LogP contribution in [-0.4, -0.2) is 61.1 Å². The first-order valence-corrected chi connectivity index (χ1v) is 8.36. The molecule has 2 unspecified atom stereocenters. The molecule has 2 aliphatic rings. The van der Waals surface area contributed by atoms with Crippen LogP contribution in [0.3, 0.4) is 0 Å². The molecule has 146 valence electrons. The summed E-state index contributed by atoms with van der Waals surface area (Å²) in [6.45, 7) is 13.7. The molecule has 0 aromatic rings. The molecule has 0 N–H and O–H groups in total. The summed E-state index contributed by atoms with van der Waals surface area (Å²) >= 11 is 0. The molecule has 2 aliphatic heterocycles. The molecule has 0 aromatic carbocycles. The third-order valence-electron chi connectivity index (χ3n) is 3.73. The fourth-order valence-electron chi connectivity index (χ4n) is 2.87. The quantitative estimate of drug-likeness (QED) is 0.492. The predicted molar refractivity (Wildman–Crippen MR) is 90.0 cm³/mol. The van der Waals surface area contributed by atoms with Crippen molar-refractivity contribution in [1.82, 2.24) is 0 Å². The van der Waals surface area contributed by atoms with E-state index in [-0.39, 0.29) is 13.2 Å². The molecule has 0 aromatic heterocycles. The van der Waals surface area contributed by atoms with Gasteiger partial charge in [0.25, 0.3) is 0 Å². The Hall–Kier alpha value is -1.74. The van der Waals surface area contributed by atoms with E-state index in [1.54, 1.807) is 27.7 Å². The van der Waals surface area contributed by atoms with E-state index in [1.165, 1.54) is 12.2 Å². The van der Waals surface area contributed by atoms with Crippen LogP contribution in [-0.2, 0) is 38.0 Å². The highest BCUT2D eigenvalue weighted by Gasteiger charge is 2.58. The Kier molecular flexibility index (Phi) is 6.23. The first kappa shape index (κ1) is 20.6. The van der Waals surface area contributed by atoms with Gasteiger partial charge in [-0.3, -0.25) is 0 Å². The molecule has 0 amide bonds. The minimum Gasteiger partial charge on any atom is -0.459 e. The molecule has 0 radical (unpaired) electrons. The zero-order chi connectivity index (χ0) is 19.5. The van der Waals surface area contributed by atoms with Crippen LogP contribution in [0.4, 0.5) is 0 Å². The molecule has 2 saturated heterocycles. The average Bonchev–Trinajstić information content (AvgIpc) is 3.06. The van der Waals surface area contributed by atoms with Gasteiger partial charge in [-0.25, -0.2) is 9.59 Å². The number of ether oxygens (including phenoxy) is 6. The van der Waals surface area contributed by atoms with Gasteiger partial charge in [0.15, 0.2) is 23.8 Å². The van der Waals surface area contributed by atoms with Gasteiger partial charge in [-0.15, -0.1) is 0 Å². The van der Waals surface area contributed by atoms with E-state index in [2.05, 4.69) is 13.2 Å². The number of rotatable bonds is 7. The summed E-state index contributed by atoms with van der Waals surface area (Å²) in [6, 6.07) is 0. The molecule has 26 heavy (non-hydrogen) atoms. The molecule has 0 saturated carbocycles. The molecular formula is C18H26O8. The first-order valence-electron chi connectivity index (χ1n) is 8.36. The maximum Gasteiger partial charge on any atom is 0.338 e. The zero-order valence-corrected chi connectivity index (χ0v) is 15.6. The van der Waals surface area contributed by atoms with Crippen LogP contribution in [0.25, 0.3) is 0 Å². The van der Waals surface area contributed by atoms with Gasteiger partial charge in [-0.1, -0.05) is 25.3 Å². The van der Waals surface area contributed by atoms with Crippen LogP contribution in [0.1, 0.15) is 27.7 Å². The van der Waals surface area contributed by atoms with Crippen LogP contribution in [0.15, 0.2) is 25.3 Å². The highest BCUT2D eigenvalue weighted by atomic mass is 16.8. The van der Waals surface area contributed by atoms with Crippen molar-refractivity contribution in [2.45, 2.75) is 63.7 Å². The van der Waals surface area contributed by atoms with Crippen molar-refractivity contribution in [3.8, 4) is 0 Å². The Morgan fingerprint density at radius 3 is 1.46 bits per heavy atom. The summed E-state index contributed by atoms with van der Waals surface area (Å²) in [5.41, 5.74) is 0. The SMILES string of the molecule is C=CCOC(=O)C1OC(C)(C)O[C@H]1C1OC(C)(C)O[C@@H]1C(=O)OCC=C. The summed E-state index contributed by atoms with van der Waals surface area (Å²) in [6.07, 6.45) is -1.09. The Balaban J connectivity index is 2.24. The monoisotopic (exact) mass is 370 g/mol. The largest absolute Gasteiger partial charge is 0.459 e. The van der Waals surface area contributed by atoms with Crippen molar-refractivity contribution in [2.24, 2.45) is 0 Å². The van der Waals surface area contributed by atoms with E-state index < -0.39 is 47.9 Å². The number of carbonyl (C=O) groups excluding carboxylic acids is 2. The summed E-state index contributed by atoms with van der Waals surface area (Å²) < 4.78 is 33.2. The van der Waals surface area contributed by atoms with Crippen molar-refractivity contribution in [3.63, 3.8) is 0 Å². The number of hydrogen-bond acceptors (Lipinski definition) is 8. The minimum absolute atomic E-state index is 0.0319. The summed E-state index contributed by atoms with van der Waals surface area (Å²) in [5.74, 6) is -3.39.